The lowest BCUT2D eigenvalue weighted by atomic mass is 9.87. The van der Waals surface area contributed by atoms with Gasteiger partial charge in [-0.2, -0.15) is 0 Å². The maximum absolute atomic E-state index is 5.84. The molecule has 0 unspecified atom stereocenters. The Balaban J connectivity index is 2.19. The van der Waals surface area contributed by atoms with Crippen molar-refractivity contribution in [1.29, 1.82) is 0 Å². The maximum Gasteiger partial charge on any atom is 0.226 e. The fourth-order valence-corrected chi connectivity index (χ4v) is 1.90. The van der Waals surface area contributed by atoms with Crippen LogP contribution < -0.4 is 9.47 Å². The Labute approximate surface area is 132 Å². The van der Waals surface area contributed by atoms with Crippen molar-refractivity contribution in [1.82, 2.24) is 9.97 Å². The predicted octanol–water partition coefficient (Wildman–Crippen LogP) is 4.74. The molecule has 4 nitrogen and oxygen atoms in total. The van der Waals surface area contributed by atoms with Crippen LogP contribution in [0.2, 0.25) is 0 Å². The van der Waals surface area contributed by atoms with Gasteiger partial charge in [-0.05, 0) is 43.9 Å². The normalized spacial score (nSPS) is 12.1. The molecule has 4 heteroatoms. The number of hydrogen-bond donors (Lipinski definition) is 0. The van der Waals surface area contributed by atoms with E-state index in [4.69, 9.17) is 9.47 Å². The van der Waals surface area contributed by atoms with E-state index in [1.165, 1.54) is 11.9 Å². The second-order valence-electron chi connectivity index (χ2n) is 7.29. The van der Waals surface area contributed by atoms with Crippen molar-refractivity contribution in [3.05, 3.63) is 42.2 Å². The van der Waals surface area contributed by atoms with Crippen LogP contribution >= 0.6 is 0 Å². The van der Waals surface area contributed by atoms with Gasteiger partial charge in [0.25, 0.3) is 0 Å². The highest BCUT2D eigenvalue weighted by Crippen LogP contribution is 2.28. The molecule has 2 rings (SSSR count). The van der Waals surface area contributed by atoms with E-state index in [0.29, 0.717) is 11.8 Å². The largest absolute Gasteiger partial charge is 0.472 e. The minimum absolute atomic E-state index is 0.0749. The molecule has 0 saturated heterocycles. The minimum atomic E-state index is -0.308. The second-order valence-corrected chi connectivity index (χ2v) is 7.29. The summed E-state index contributed by atoms with van der Waals surface area (Å²) in [7, 11) is 0. The van der Waals surface area contributed by atoms with Crippen LogP contribution in [0.3, 0.4) is 0 Å². The standard InChI is InChI=1S/C18H24N2O2/c1-17(2,3)13-8-7-9-14(10-13)21-15-11-16(20-12-19-15)22-18(4,5)6/h7-12H,1-6H3. The summed E-state index contributed by atoms with van der Waals surface area (Å²) in [5.41, 5.74) is 0.980. The van der Waals surface area contributed by atoms with Crippen LogP contribution in [0.1, 0.15) is 47.1 Å². The smallest absolute Gasteiger partial charge is 0.226 e. The van der Waals surface area contributed by atoms with Crippen LogP contribution in [0.5, 0.6) is 17.5 Å². The van der Waals surface area contributed by atoms with Gasteiger partial charge in [0.1, 0.15) is 17.7 Å². The van der Waals surface area contributed by atoms with Gasteiger partial charge in [-0.15, -0.1) is 0 Å². The zero-order chi connectivity index (χ0) is 16.4. The van der Waals surface area contributed by atoms with Crippen LogP contribution in [0.25, 0.3) is 0 Å². The summed E-state index contributed by atoms with van der Waals surface area (Å²) in [4.78, 5) is 8.25. The Morgan fingerprint density at radius 3 is 2.18 bits per heavy atom. The van der Waals surface area contributed by atoms with Crippen LogP contribution in [0.4, 0.5) is 0 Å². The van der Waals surface area contributed by atoms with Crippen molar-refractivity contribution in [2.45, 2.75) is 52.6 Å². The van der Waals surface area contributed by atoms with Crippen LogP contribution in [0, 0.1) is 0 Å². The first-order valence-corrected chi connectivity index (χ1v) is 7.43. The summed E-state index contributed by atoms with van der Waals surface area (Å²) in [6.07, 6.45) is 1.45. The predicted molar refractivity (Wildman–Crippen MR) is 87.6 cm³/mol. The third-order valence-corrected chi connectivity index (χ3v) is 2.95. The van der Waals surface area contributed by atoms with Crippen LogP contribution in [-0.2, 0) is 5.41 Å². The number of rotatable bonds is 3. The molecular weight excluding hydrogens is 276 g/mol. The molecule has 0 saturated carbocycles. The first-order valence-electron chi connectivity index (χ1n) is 7.43. The summed E-state index contributed by atoms with van der Waals surface area (Å²) in [6, 6.07) is 9.74. The lowest BCUT2D eigenvalue weighted by Crippen LogP contribution is -2.23. The first kappa shape index (κ1) is 16.3. The highest BCUT2D eigenvalue weighted by atomic mass is 16.5. The average Bonchev–Trinajstić information content (AvgIpc) is 2.36. The average molecular weight is 300 g/mol. The molecule has 118 valence electrons. The Morgan fingerprint density at radius 2 is 1.55 bits per heavy atom. The summed E-state index contributed by atoms with van der Waals surface area (Å²) < 4.78 is 11.6. The first-order chi connectivity index (χ1) is 10.1. The van der Waals surface area contributed by atoms with E-state index in [9.17, 15) is 0 Å². The van der Waals surface area contributed by atoms with Crippen molar-refractivity contribution in [3.8, 4) is 17.5 Å². The fourth-order valence-electron chi connectivity index (χ4n) is 1.90. The second kappa shape index (κ2) is 5.95. The van der Waals surface area contributed by atoms with Crippen molar-refractivity contribution >= 4 is 0 Å². The molecule has 0 spiro atoms. The number of aromatic nitrogens is 2. The fraction of sp³-hybridized carbons (Fsp3) is 0.444. The molecule has 0 fully saturated rings. The summed E-state index contributed by atoms with van der Waals surface area (Å²) >= 11 is 0. The van der Waals surface area contributed by atoms with E-state index in [1.54, 1.807) is 6.07 Å². The van der Waals surface area contributed by atoms with Gasteiger partial charge in [-0.3, -0.25) is 0 Å². The lowest BCUT2D eigenvalue weighted by molar-refractivity contribution is 0.123. The Hall–Kier alpha value is -2.10. The van der Waals surface area contributed by atoms with Crippen LogP contribution in [0.15, 0.2) is 36.7 Å². The SMILES string of the molecule is CC(C)(C)Oc1cc(Oc2cccc(C(C)(C)C)c2)ncn1. The highest BCUT2D eigenvalue weighted by Gasteiger charge is 2.15. The number of ether oxygens (including phenoxy) is 2. The van der Waals surface area contributed by atoms with Crippen molar-refractivity contribution in [3.63, 3.8) is 0 Å². The van der Waals surface area contributed by atoms with Gasteiger partial charge < -0.3 is 9.47 Å². The molecule has 2 aromatic rings. The Morgan fingerprint density at radius 1 is 0.864 bits per heavy atom. The lowest BCUT2D eigenvalue weighted by Gasteiger charge is -2.20. The third kappa shape index (κ3) is 4.72. The molecule has 0 radical (unpaired) electrons. The van der Waals surface area contributed by atoms with Gasteiger partial charge >= 0.3 is 0 Å². The molecule has 1 heterocycles. The molecule has 0 aliphatic carbocycles. The van der Waals surface area contributed by atoms with Gasteiger partial charge in [-0.25, -0.2) is 9.97 Å². The summed E-state index contributed by atoms with van der Waals surface area (Å²) in [5, 5.41) is 0. The van der Waals surface area contributed by atoms with Crippen molar-refractivity contribution < 1.29 is 9.47 Å². The quantitative estimate of drug-likeness (QED) is 0.821. The molecule has 0 aliphatic rings. The molecule has 0 amide bonds. The van der Waals surface area contributed by atoms with Gasteiger partial charge in [0.05, 0.1) is 6.07 Å². The minimum Gasteiger partial charge on any atom is -0.472 e. The van der Waals surface area contributed by atoms with Crippen molar-refractivity contribution in [2.24, 2.45) is 0 Å². The van der Waals surface area contributed by atoms with Gasteiger partial charge in [0, 0.05) is 0 Å². The molecular formula is C18H24N2O2. The molecule has 0 N–H and O–H groups in total. The zero-order valence-electron chi connectivity index (χ0n) is 14.2. The van der Waals surface area contributed by atoms with E-state index in [2.05, 4.69) is 36.8 Å². The molecule has 0 atom stereocenters. The number of hydrogen-bond acceptors (Lipinski definition) is 4. The molecule has 1 aromatic carbocycles. The van der Waals surface area contributed by atoms with E-state index in [1.807, 2.05) is 39.0 Å². The Kier molecular flexibility index (Phi) is 4.40. The summed E-state index contributed by atoms with van der Waals surface area (Å²) in [5.74, 6) is 1.73. The van der Waals surface area contributed by atoms with E-state index < -0.39 is 0 Å². The van der Waals surface area contributed by atoms with Crippen molar-refractivity contribution in [2.75, 3.05) is 0 Å². The van der Waals surface area contributed by atoms with Gasteiger partial charge in [0.15, 0.2) is 0 Å². The molecule has 0 bridgehead atoms. The van der Waals surface area contributed by atoms with Gasteiger partial charge in [-0.1, -0.05) is 32.9 Å². The maximum atomic E-state index is 5.84. The monoisotopic (exact) mass is 300 g/mol. The molecule has 0 aliphatic heterocycles. The zero-order valence-corrected chi connectivity index (χ0v) is 14.2. The van der Waals surface area contributed by atoms with Gasteiger partial charge in [0.2, 0.25) is 11.8 Å². The van der Waals surface area contributed by atoms with E-state index >= 15 is 0 Å². The molecule has 1 aromatic heterocycles. The topological polar surface area (TPSA) is 44.2 Å². The summed E-state index contributed by atoms with van der Waals surface area (Å²) in [6.45, 7) is 12.4. The van der Waals surface area contributed by atoms with E-state index in [0.717, 1.165) is 5.75 Å². The highest BCUT2D eigenvalue weighted by molar-refractivity contribution is 5.35. The number of nitrogens with zero attached hydrogens (tertiary/aromatic N) is 2. The third-order valence-electron chi connectivity index (χ3n) is 2.95. The Bertz CT molecular complexity index is 640. The van der Waals surface area contributed by atoms with E-state index in [-0.39, 0.29) is 11.0 Å². The molecule has 22 heavy (non-hydrogen) atoms. The number of benzene rings is 1. The van der Waals surface area contributed by atoms with Crippen LogP contribution in [-0.4, -0.2) is 15.6 Å².